The Kier molecular flexibility index (Phi) is 15.4. The average molecular weight is 424 g/mol. The average Bonchev–Trinajstić information content (AvgIpc) is 2.71. The number of hydrogen-bond acceptors (Lipinski definition) is 3. The van der Waals surface area contributed by atoms with E-state index in [-0.39, 0.29) is 5.91 Å². The summed E-state index contributed by atoms with van der Waals surface area (Å²) < 4.78 is 0. The summed E-state index contributed by atoms with van der Waals surface area (Å²) in [5, 5.41) is 8.59. The largest absolute Gasteiger partial charge is 0.481 e. The fourth-order valence-electron chi connectivity index (χ4n) is 4.42. The Bertz CT molecular complexity index is 484. The predicted octanol–water partition coefficient (Wildman–Crippen LogP) is 6.14. The Labute approximate surface area is 184 Å². The van der Waals surface area contributed by atoms with Crippen molar-refractivity contribution in [1.29, 1.82) is 0 Å². The van der Waals surface area contributed by atoms with E-state index >= 15 is 0 Å². The molecule has 30 heavy (non-hydrogen) atoms. The number of amides is 1. The molecule has 0 aromatic heterocycles. The van der Waals surface area contributed by atoms with Crippen LogP contribution in [-0.4, -0.2) is 40.8 Å². The third-order valence-corrected chi connectivity index (χ3v) is 6.42. The fourth-order valence-corrected chi connectivity index (χ4v) is 4.42. The number of ketones is 1. The normalized spacial score (nSPS) is 14.8. The van der Waals surface area contributed by atoms with Crippen LogP contribution >= 0.6 is 0 Å². The molecule has 1 heterocycles. The van der Waals surface area contributed by atoms with E-state index in [9.17, 15) is 14.4 Å². The van der Waals surface area contributed by atoms with Crippen LogP contribution in [0.15, 0.2) is 0 Å². The number of aliphatic carboxylic acids is 1. The van der Waals surface area contributed by atoms with Crippen molar-refractivity contribution in [3.05, 3.63) is 0 Å². The van der Waals surface area contributed by atoms with E-state index in [1.54, 1.807) is 6.92 Å². The second kappa shape index (κ2) is 17.3. The lowest BCUT2D eigenvalue weighted by Crippen LogP contribution is -2.37. The van der Waals surface area contributed by atoms with Crippen molar-refractivity contribution in [2.24, 2.45) is 5.92 Å². The third kappa shape index (κ3) is 14.6. The molecule has 5 nitrogen and oxygen atoms in total. The molecular weight excluding hydrogens is 378 g/mol. The van der Waals surface area contributed by atoms with E-state index < -0.39 is 5.97 Å². The maximum absolute atomic E-state index is 12.2. The van der Waals surface area contributed by atoms with Crippen LogP contribution in [0.5, 0.6) is 0 Å². The van der Waals surface area contributed by atoms with Crippen molar-refractivity contribution in [3.63, 3.8) is 0 Å². The summed E-state index contributed by atoms with van der Waals surface area (Å²) in [5.41, 5.74) is 0. The van der Waals surface area contributed by atoms with Crippen molar-refractivity contribution < 1.29 is 19.5 Å². The molecule has 174 valence electrons. The highest BCUT2D eigenvalue weighted by Gasteiger charge is 2.22. The number of likely N-dealkylation sites (tertiary alicyclic amines) is 1. The van der Waals surface area contributed by atoms with Gasteiger partial charge in [-0.15, -0.1) is 0 Å². The third-order valence-electron chi connectivity index (χ3n) is 6.42. The molecule has 0 aromatic rings. The van der Waals surface area contributed by atoms with Gasteiger partial charge in [-0.3, -0.25) is 14.4 Å². The molecule has 1 saturated heterocycles. The minimum Gasteiger partial charge on any atom is -0.481 e. The Balaban J connectivity index is 1.80. The zero-order chi connectivity index (χ0) is 22.0. The van der Waals surface area contributed by atoms with Crippen LogP contribution in [0.1, 0.15) is 122 Å². The molecular formula is C25H45NO4. The van der Waals surface area contributed by atoms with Gasteiger partial charge in [-0.2, -0.15) is 0 Å². The van der Waals surface area contributed by atoms with Crippen LogP contribution in [0, 0.1) is 5.92 Å². The summed E-state index contributed by atoms with van der Waals surface area (Å²) in [4.78, 5) is 35.8. The van der Waals surface area contributed by atoms with E-state index in [2.05, 4.69) is 0 Å². The fraction of sp³-hybridized carbons (Fsp3) is 0.880. The van der Waals surface area contributed by atoms with E-state index in [4.69, 9.17) is 5.11 Å². The number of Topliss-reactive ketones (excluding diaryl/α,β-unsaturated/α-hetero) is 1. The van der Waals surface area contributed by atoms with E-state index in [0.29, 0.717) is 24.5 Å². The Morgan fingerprint density at radius 2 is 1.10 bits per heavy atom. The number of carboxylic acids is 1. The number of carbonyl (C=O) groups excluding carboxylic acids is 2. The molecule has 0 radical (unpaired) electrons. The minimum absolute atomic E-state index is 0.157. The van der Waals surface area contributed by atoms with Gasteiger partial charge in [0.15, 0.2) is 0 Å². The molecule has 0 unspecified atom stereocenters. The number of unbranched alkanes of at least 4 members (excludes halogenated alkanes) is 12. The first kappa shape index (κ1) is 26.6. The highest BCUT2D eigenvalue weighted by Crippen LogP contribution is 2.22. The highest BCUT2D eigenvalue weighted by atomic mass is 16.4. The first-order valence-corrected chi connectivity index (χ1v) is 12.5. The zero-order valence-corrected chi connectivity index (χ0v) is 19.3. The van der Waals surface area contributed by atoms with Crippen molar-refractivity contribution in [1.82, 2.24) is 4.90 Å². The zero-order valence-electron chi connectivity index (χ0n) is 19.3. The van der Waals surface area contributed by atoms with Gasteiger partial charge in [0.2, 0.25) is 5.91 Å². The number of hydrogen-bond donors (Lipinski definition) is 1. The van der Waals surface area contributed by atoms with Gasteiger partial charge in [-0.05, 0) is 31.6 Å². The Morgan fingerprint density at radius 3 is 1.50 bits per heavy atom. The molecule has 1 fully saturated rings. The first-order chi connectivity index (χ1) is 14.5. The maximum Gasteiger partial charge on any atom is 0.303 e. The van der Waals surface area contributed by atoms with Crippen molar-refractivity contribution in [2.45, 2.75) is 122 Å². The molecule has 1 N–H and O–H groups in total. The number of carbonyl (C=O) groups is 3. The molecule has 0 spiro atoms. The van der Waals surface area contributed by atoms with E-state index in [1.165, 1.54) is 64.2 Å². The lowest BCUT2D eigenvalue weighted by atomic mass is 9.90. The highest BCUT2D eigenvalue weighted by molar-refractivity contribution is 5.78. The standard InChI is InChI=1S/C25H45NO4/c1-22(27)26-19-17-23(18-20-26)21-24(28)15-13-11-9-7-5-3-2-4-6-8-10-12-14-16-25(29)30/h23H,2-21H2,1H3,(H,29,30). The van der Waals surface area contributed by atoms with Crippen molar-refractivity contribution in [2.75, 3.05) is 13.1 Å². The minimum atomic E-state index is -0.677. The maximum atomic E-state index is 12.2. The van der Waals surface area contributed by atoms with Gasteiger partial charge in [-0.25, -0.2) is 0 Å². The summed E-state index contributed by atoms with van der Waals surface area (Å²) >= 11 is 0. The van der Waals surface area contributed by atoms with Gasteiger partial charge in [-0.1, -0.05) is 70.6 Å². The van der Waals surface area contributed by atoms with Gasteiger partial charge >= 0.3 is 5.97 Å². The summed E-state index contributed by atoms with van der Waals surface area (Å²) in [6.45, 7) is 3.27. The van der Waals surface area contributed by atoms with Gasteiger partial charge in [0.05, 0.1) is 0 Å². The molecule has 1 amide bonds. The Hall–Kier alpha value is -1.39. The number of rotatable bonds is 18. The SMILES string of the molecule is CC(=O)N1CCC(CC(=O)CCCCCCCCCCCCCCCC(=O)O)CC1. The van der Waals surface area contributed by atoms with Crippen LogP contribution in [-0.2, 0) is 14.4 Å². The molecule has 0 aromatic carbocycles. The van der Waals surface area contributed by atoms with Gasteiger partial charge in [0.1, 0.15) is 5.78 Å². The lowest BCUT2D eigenvalue weighted by Gasteiger charge is -2.30. The summed E-state index contributed by atoms with van der Waals surface area (Å²) in [6.07, 6.45) is 19.3. The van der Waals surface area contributed by atoms with Crippen molar-refractivity contribution in [3.8, 4) is 0 Å². The summed E-state index contributed by atoms with van der Waals surface area (Å²) in [5.74, 6) is 0.381. The molecule has 0 bridgehead atoms. The molecule has 0 aliphatic carbocycles. The molecule has 5 heteroatoms. The first-order valence-electron chi connectivity index (χ1n) is 12.5. The second-order valence-electron chi connectivity index (χ2n) is 9.18. The number of nitrogens with zero attached hydrogens (tertiary/aromatic N) is 1. The number of piperidine rings is 1. The molecule has 0 atom stereocenters. The van der Waals surface area contributed by atoms with Crippen LogP contribution < -0.4 is 0 Å². The van der Waals surface area contributed by atoms with Gasteiger partial charge in [0, 0.05) is 39.3 Å². The van der Waals surface area contributed by atoms with E-state index in [0.717, 1.165) is 51.6 Å². The van der Waals surface area contributed by atoms with Crippen molar-refractivity contribution >= 4 is 17.7 Å². The van der Waals surface area contributed by atoms with Crippen LogP contribution in [0.2, 0.25) is 0 Å². The Morgan fingerprint density at radius 1 is 0.700 bits per heavy atom. The molecule has 1 aliphatic rings. The molecule has 1 aliphatic heterocycles. The molecule has 1 rings (SSSR count). The van der Waals surface area contributed by atoms with Gasteiger partial charge in [0.25, 0.3) is 0 Å². The monoisotopic (exact) mass is 423 g/mol. The van der Waals surface area contributed by atoms with Crippen LogP contribution in [0.3, 0.4) is 0 Å². The smallest absolute Gasteiger partial charge is 0.303 e. The topological polar surface area (TPSA) is 74.7 Å². The van der Waals surface area contributed by atoms with Crippen LogP contribution in [0.25, 0.3) is 0 Å². The lowest BCUT2D eigenvalue weighted by molar-refractivity contribution is -0.137. The number of carboxylic acid groups (broad SMARTS) is 1. The second-order valence-corrected chi connectivity index (χ2v) is 9.18. The van der Waals surface area contributed by atoms with Gasteiger partial charge < -0.3 is 10.0 Å². The summed E-state index contributed by atoms with van der Waals surface area (Å²) in [6, 6.07) is 0. The predicted molar refractivity (Wildman–Crippen MR) is 121 cm³/mol. The summed E-state index contributed by atoms with van der Waals surface area (Å²) in [7, 11) is 0. The molecule has 0 saturated carbocycles. The quantitative estimate of drug-likeness (QED) is 0.269. The van der Waals surface area contributed by atoms with E-state index in [1.807, 2.05) is 4.90 Å². The van der Waals surface area contributed by atoms with Crippen LogP contribution in [0.4, 0.5) is 0 Å².